The highest BCUT2D eigenvalue weighted by atomic mass is 16.7. The standard InChI is InChI=1S/C16H20N2O5/c1-4-10(16(20)21)18-11-6-13-12(22-7-23-13)5-9(11)17-14(8(2)3)15(18)19/h5-6,8,10,14,17H,4,7H2,1-3H3,(H,20,21). The summed E-state index contributed by atoms with van der Waals surface area (Å²) >= 11 is 0. The molecule has 2 N–H and O–H groups in total. The van der Waals surface area contributed by atoms with Crippen LogP contribution in [0.15, 0.2) is 12.1 Å². The SMILES string of the molecule is CCC(C(=O)O)N1C(=O)C(C(C)C)Nc2cc3c(cc21)OCO3. The summed E-state index contributed by atoms with van der Waals surface area (Å²) in [5, 5.41) is 12.7. The molecule has 1 amide bonds. The Morgan fingerprint density at radius 3 is 2.61 bits per heavy atom. The first-order valence-corrected chi connectivity index (χ1v) is 7.70. The highest BCUT2D eigenvalue weighted by Gasteiger charge is 2.41. The van der Waals surface area contributed by atoms with Gasteiger partial charge in [0.1, 0.15) is 12.1 Å². The van der Waals surface area contributed by atoms with Crippen molar-refractivity contribution in [2.75, 3.05) is 17.0 Å². The molecular formula is C16H20N2O5. The van der Waals surface area contributed by atoms with Crippen molar-refractivity contribution in [3.63, 3.8) is 0 Å². The molecule has 1 aromatic rings. The Kier molecular flexibility index (Phi) is 3.79. The second kappa shape index (κ2) is 5.64. The lowest BCUT2D eigenvalue weighted by molar-refractivity contribution is -0.140. The Balaban J connectivity index is 2.13. The highest BCUT2D eigenvalue weighted by Crippen LogP contribution is 2.44. The van der Waals surface area contributed by atoms with Crippen molar-refractivity contribution in [3.05, 3.63) is 12.1 Å². The molecule has 0 aromatic heterocycles. The number of amides is 1. The van der Waals surface area contributed by atoms with Crippen LogP contribution in [-0.4, -0.2) is 35.9 Å². The molecule has 0 radical (unpaired) electrons. The summed E-state index contributed by atoms with van der Waals surface area (Å²) in [6, 6.07) is 2.05. The Hall–Kier alpha value is -2.44. The zero-order valence-corrected chi connectivity index (χ0v) is 13.3. The van der Waals surface area contributed by atoms with Gasteiger partial charge in [0, 0.05) is 12.1 Å². The highest BCUT2D eigenvalue weighted by molar-refractivity contribution is 6.09. The van der Waals surface area contributed by atoms with E-state index < -0.39 is 18.1 Å². The molecule has 0 saturated heterocycles. The summed E-state index contributed by atoms with van der Waals surface area (Å²) in [6.45, 7) is 5.72. The Morgan fingerprint density at radius 1 is 1.39 bits per heavy atom. The van der Waals surface area contributed by atoms with Gasteiger partial charge in [-0.1, -0.05) is 20.8 Å². The minimum atomic E-state index is -1.02. The largest absolute Gasteiger partial charge is 0.480 e. The smallest absolute Gasteiger partial charge is 0.326 e. The zero-order chi connectivity index (χ0) is 16.7. The fraction of sp³-hybridized carbons (Fsp3) is 0.500. The molecule has 1 aromatic carbocycles. The maximum absolute atomic E-state index is 12.9. The number of ether oxygens (including phenoxy) is 2. The summed E-state index contributed by atoms with van der Waals surface area (Å²) in [4.78, 5) is 25.9. The fourth-order valence-corrected chi connectivity index (χ4v) is 2.98. The molecule has 0 fully saturated rings. The van der Waals surface area contributed by atoms with Gasteiger partial charge in [-0.2, -0.15) is 0 Å². The van der Waals surface area contributed by atoms with Crippen molar-refractivity contribution in [1.29, 1.82) is 0 Å². The van der Waals surface area contributed by atoms with Gasteiger partial charge in [-0.3, -0.25) is 9.69 Å². The summed E-state index contributed by atoms with van der Waals surface area (Å²) in [7, 11) is 0. The fourth-order valence-electron chi connectivity index (χ4n) is 2.98. The number of benzene rings is 1. The number of nitrogens with zero attached hydrogens (tertiary/aromatic N) is 1. The van der Waals surface area contributed by atoms with E-state index in [9.17, 15) is 14.7 Å². The van der Waals surface area contributed by atoms with Crippen LogP contribution in [0.25, 0.3) is 0 Å². The zero-order valence-electron chi connectivity index (χ0n) is 13.3. The van der Waals surface area contributed by atoms with Crippen LogP contribution in [0.4, 0.5) is 11.4 Å². The van der Waals surface area contributed by atoms with E-state index >= 15 is 0 Å². The molecule has 0 spiro atoms. The van der Waals surface area contributed by atoms with E-state index in [2.05, 4.69) is 5.32 Å². The van der Waals surface area contributed by atoms with Crippen LogP contribution in [0, 0.1) is 5.92 Å². The summed E-state index contributed by atoms with van der Waals surface area (Å²) in [5.41, 5.74) is 1.21. The van der Waals surface area contributed by atoms with E-state index in [-0.39, 0.29) is 18.6 Å². The van der Waals surface area contributed by atoms with Crippen molar-refractivity contribution in [1.82, 2.24) is 0 Å². The summed E-state index contributed by atoms with van der Waals surface area (Å²) in [6.07, 6.45) is 0.319. The quantitative estimate of drug-likeness (QED) is 0.883. The number of hydrogen-bond donors (Lipinski definition) is 2. The summed E-state index contributed by atoms with van der Waals surface area (Å²) in [5.74, 6) is -0.118. The molecule has 23 heavy (non-hydrogen) atoms. The molecule has 0 saturated carbocycles. The number of anilines is 2. The lowest BCUT2D eigenvalue weighted by atomic mass is 9.96. The molecular weight excluding hydrogens is 300 g/mol. The third-order valence-corrected chi connectivity index (χ3v) is 4.22. The molecule has 2 atom stereocenters. The Morgan fingerprint density at radius 2 is 2.04 bits per heavy atom. The Bertz CT molecular complexity index is 658. The minimum absolute atomic E-state index is 0.0230. The molecule has 2 unspecified atom stereocenters. The molecule has 7 heteroatoms. The van der Waals surface area contributed by atoms with Crippen molar-refractivity contribution in [2.45, 2.75) is 39.3 Å². The second-order valence-corrected chi connectivity index (χ2v) is 6.06. The molecule has 2 heterocycles. The Labute approximate surface area is 134 Å². The number of nitrogens with one attached hydrogen (secondary N) is 1. The van der Waals surface area contributed by atoms with E-state index in [1.54, 1.807) is 19.1 Å². The number of fused-ring (bicyclic) bond motifs is 2. The lowest BCUT2D eigenvalue weighted by Gasteiger charge is -2.39. The first-order valence-electron chi connectivity index (χ1n) is 7.70. The van der Waals surface area contributed by atoms with Crippen LogP contribution in [-0.2, 0) is 9.59 Å². The van der Waals surface area contributed by atoms with E-state index in [4.69, 9.17) is 9.47 Å². The molecule has 124 valence electrons. The third kappa shape index (κ3) is 2.46. The van der Waals surface area contributed by atoms with E-state index in [0.29, 0.717) is 29.3 Å². The first-order chi connectivity index (χ1) is 10.9. The van der Waals surface area contributed by atoms with Crippen LogP contribution in [0.3, 0.4) is 0 Å². The van der Waals surface area contributed by atoms with Gasteiger partial charge in [0.25, 0.3) is 5.91 Å². The van der Waals surface area contributed by atoms with Crippen LogP contribution >= 0.6 is 0 Å². The normalized spacial score (nSPS) is 20.3. The third-order valence-electron chi connectivity index (χ3n) is 4.22. The van der Waals surface area contributed by atoms with Crippen molar-refractivity contribution >= 4 is 23.3 Å². The van der Waals surface area contributed by atoms with Gasteiger partial charge in [-0.25, -0.2) is 4.79 Å². The average molecular weight is 320 g/mol. The van der Waals surface area contributed by atoms with Gasteiger partial charge in [0.05, 0.1) is 11.4 Å². The monoisotopic (exact) mass is 320 g/mol. The van der Waals surface area contributed by atoms with Gasteiger partial charge in [0.15, 0.2) is 11.5 Å². The van der Waals surface area contributed by atoms with Gasteiger partial charge < -0.3 is 19.9 Å². The number of rotatable bonds is 4. The molecule has 0 bridgehead atoms. The van der Waals surface area contributed by atoms with Crippen LogP contribution in [0.1, 0.15) is 27.2 Å². The van der Waals surface area contributed by atoms with E-state index in [1.807, 2.05) is 13.8 Å². The van der Waals surface area contributed by atoms with Gasteiger partial charge in [-0.05, 0) is 12.3 Å². The van der Waals surface area contributed by atoms with Gasteiger partial charge >= 0.3 is 5.97 Å². The molecule has 0 aliphatic carbocycles. The number of carboxylic acids is 1. The van der Waals surface area contributed by atoms with E-state index in [0.717, 1.165) is 0 Å². The predicted octanol–water partition coefficient (Wildman–Crippen LogP) is 2.06. The number of aliphatic carboxylic acids is 1. The summed E-state index contributed by atoms with van der Waals surface area (Å²) < 4.78 is 10.7. The van der Waals surface area contributed by atoms with Crippen LogP contribution in [0.2, 0.25) is 0 Å². The van der Waals surface area contributed by atoms with Crippen molar-refractivity contribution < 1.29 is 24.2 Å². The molecule has 2 aliphatic heterocycles. The molecule has 3 rings (SSSR count). The lowest BCUT2D eigenvalue weighted by Crippen LogP contribution is -2.55. The van der Waals surface area contributed by atoms with Crippen molar-refractivity contribution in [3.8, 4) is 11.5 Å². The number of carboxylic acid groups (broad SMARTS) is 1. The van der Waals surface area contributed by atoms with Crippen LogP contribution in [0.5, 0.6) is 11.5 Å². The van der Waals surface area contributed by atoms with Crippen LogP contribution < -0.4 is 19.7 Å². The minimum Gasteiger partial charge on any atom is -0.480 e. The first kappa shape index (κ1) is 15.5. The maximum Gasteiger partial charge on any atom is 0.326 e. The van der Waals surface area contributed by atoms with E-state index in [1.165, 1.54) is 4.90 Å². The topological polar surface area (TPSA) is 88.1 Å². The van der Waals surface area contributed by atoms with Gasteiger partial charge in [-0.15, -0.1) is 0 Å². The number of carbonyl (C=O) groups is 2. The molecule has 7 nitrogen and oxygen atoms in total. The maximum atomic E-state index is 12.9. The average Bonchev–Trinajstić information content (AvgIpc) is 2.94. The molecule has 2 aliphatic rings. The van der Waals surface area contributed by atoms with Gasteiger partial charge in [0.2, 0.25) is 6.79 Å². The number of carbonyl (C=O) groups excluding carboxylic acids is 1. The second-order valence-electron chi connectivity index (χ2n) is 6.06. The number of hydrogen-bond acceptors (Lipinski definition) is 5. The van der Waals surface area contributed by atoms with Crippen molar-refractivity contribution in [2.24, 2.45) is 5.92 Å². The predicted molar refractivity (Wildman–Crippen MR) is 84.0 cm³/mol.